The van der Waals surface area contributed by atoms with Crippen LogP contribution in [0.4, 0.5) is 0 Å². The molecular formula is C20H16O. The van der Waals surface area contributed by atoms with E-state index in [1.807, 2.05) is 6.07 Å². The molecule has 1 aliphatic carbocycles. The van der Waals surface area contributed by atoms with Gasteiger partial charge in [-0.2, -0.15) is 0 Å². The average Bonchev–Trinajstić information content (AvgIpc) is 3.36. The number of rotatable bonds is 1. The van der Waals surface area contributed by atoms with Crippen molar-refractivity contribution >= 4 is 21.5 Å². The monoisotopic (exact) mass is 272 g/mol. The van der Waals surface area contributed by atoms with Crippen molar-refractivity contribution in [3.8, 4) is 11.8 Å². The first kappa shape index (κ1) is 12.4. The molecule has 3 aromatic rings. The molecule has 1 heteroatoms. The fourth-order valence-corrected chi connectivity index (χ4v) is 2.71. The molecule has 0 unspecified atom stereocenters. The number of hydrogen-bond acceptors (Lipinski definition) is 1. The standard InChI is InChI=1S/C20H16O/c21-13-16-6-10-20-18(12-16)8-7-17-11-15(5-9-19(17)20)4-3-14-1-2-14/h5-12,14,21H,1-2,13H2. The Labute approximate surface area is 124 Å². The van der Waals surface area contributed by atoms with E-state index in [1.54, 1.807) is 0 Å². The molecule has 0 bridgehead atoms. The largest absolute Gasteiger partial charge is 0.392 e. The smallest absolute Gasteiger partial charge is 0.0682 e. The van der Waals surface area contributed by atoms with Crippen LogP contribution in [0.5, 0.6) is 0 Å². The summed E-state index contributed by atoms with van der Waals surface area (Å²) in [7, 11) is 0. The van der Waals surface area contributed by atoms with Crippen LogP contribution in [0.15, 0.2) is 48.5 Å². The lowest BCUT2D eigenvalue weighted by Gasteiger charge is -2.06. The van der Waals surface area contributed by atoms with Crippen molar-refractivity contribution in [1.29, 1.82) is 0 Å². The van der Waals surface area contributed by atoms with Crippen LogP contribution < -0.4 is 0 Å². The van der Waals surface area contributed by atoms with Crippen LogP contribution in [0, 0.1) is 17.8 Å². The maximum atomic E-state index is 9.24. The van der Waals surface area contributed by atoms with Crippen molar-refractivity contribution < 1.29 is 5.11 Å². The highest BCUT2D eigenvalue weighted by Gasteiger charge is 2.17. The molecule has 1 nitrogen and oxygen atoms in total. The van der Waals surface area contributed by atoms with Gasteiger partial charge in [0.05, 0.1) is 6.61 Å². The zero-order valence-electron chi connectivity index (χ0n) is 11.8. The Kier molecular flexibility index (Phi) is 2.91. The minimum atomic E-state index is 0.0870. The van der Waals surface area contributed by atoms with Crippen LogP contribution in [0.2, 0.25) is 0 Å². The van der Waals surface area contributed by atoms with E-state index in [0.29, 0.717) is 5.92 Å². The lowest BCUT2D eigenvalue weighted by atomic mass is 9.99. The van der Waals surface area contributed by atoms with Gasteiger partial charge in [0, 0.05) is 11.5 Å². The summed E-state index contributed by atoms with van der Waals surface area (Å²) in [4.78, 5) is 0. The van der Waals surface area contributed by atoms with E-state index >= 15 is 0 Å². The molecule has 1 aliphatic rings. The van der Waals surface area contributed by atoms with Crippen LogP contribution in [0.25, 0.3) is 21.5 Å². The van der Waals surface area contributed by atoms with Gasteiger partial charge in [-0.3, -0.25) is 0 Å². The third-order valence-electron chi connectivity index (χ3n) is 4.08. The van der Waals surface area contributed by atoms with Crippen LogP contribution >= 0.6 is 0 Å². The number of aliphatic hydroxyl groups is 1. The predicted molar refractivity (Wildman–Crippen MR) is 87.0 cm³/mol. The minimum absolute atomic E-state index is 0.0870. The van der Waals surface area contributed by atoms with E-state index in [4.69, 9.17) is 0 Å². The third-order valence-corrected chi connectivity index (χ3v) is 4.08. The van der Waals surface area contributed by atoms with Crippen molar-refractivity contribution in [2.24, 2.45) is 5.92 Å². The molecule has 0 radical (unpaired) electrons. The maximum absolute atomic E-state index is 9.24. The molecule has 3 aromatic carbocycles. The summed E-state index contributed by atoms with van der Waals surface area (Å²) in [6.45, 7) is 0.0870. The summed E-state index contributed by atoms with van der Waals surface area (Å²) in [6.07, 6.45) is 2.52. The van der Waals surface area contributed by atoms with Crippen molar-refractivity contribution in [2.75, 3.05) is 0 Å². The molecule has 4 rings (SSSR count). The Morgan fingerprint density at radius 1 is 0.905 bits per heavy atom. The summed E-state index contributed by atoms with van der Waals surface area (Å²) < 4.78 is 0. The normalized spacial score (nSPS) is 14.1. The Balaban J connectivity index is 1.85. The van der Waals surface area contributed by atoms with Crippen LogP contribution in [-0.4, -0.2) is 5.11 Å². The van der Waals surface area contributed by atoms with E-state index in [1.165, 1.54) is 34.4 Å². The highest BCUT2D eigenvalue weighted by Crippen LogP contribution is 2.29. The van der Waals surface area contributed by atoms with Gasteiger partial charge in [0.1, 0.15) is 0 Å². The van der Waals surface area contributed by atoms with Crippen molar-refractivity contribution in [2.45, 2.75) is 19.4 Å². The predicted octanol–water partition coefficient (Wildman–Crippen LogP) is 4.25. The van der Waals surface area contributed by atoms with Crippen LogP contribution in [-0.2, 0) is 6.61 Å². The number of benzene rings is 3. The second kappa shape index (κ2) is 4.91. The molecule has 1 fully saturated rings. The Hall–Kier alpha value is -2.30. The quantitative estimate of drug-likeness (QED) is 0.519. The molecule has 1 saturated carbocycles. The summed E-state index contributed by atoms with van der Waals surface area (Å²) in [5.41, 5.74) is 2.05. The fourth-order valence-electron chi connectivity index (χ4n) is 2.71. The summed E-state index contributed by atoms with van der Waals surface area (Å²) >= 11 is 0. The molecule has 0 atom stereocenters. The number of aliphatic hydroxyl groups excluding tert-OH is 1. The van der Waals surface area contributed by atoms with Gasteiger partial charge in [0.2, 0.25) is 0 Å². The van der Waals surface area contributed by atoms with Gasteiger partial charge >= 0.3 is 0 Å². The molecule has 0 heterocycles. The zero-order chi connectivity index (χ0) is 14.2. The van der Waals surface area contributed by atoms with E-state index in [2.05, 4.69) is 54.3 Å². The SMILES string of the molecule is OCc1ccc2c(ccc3cc(C#CC4CC4)ccc32)c1. The average molecular weight is 272 g/mol. The van der Waals surface area contributed by atoms with Crippen LogP contribution in [0.1, 0.15) is 24.0 Å². The van der Waals surface area contributed by atoms with Gasteiger partial charge in [-0.15, -0.1) is 0 Å². The highest BCUT2D eigenvalue weighted by molar-refractivity contribution is 6.07. The fraction of sp³-hybridized carbons (Fsp3) is 0.200. The molecule has 0 aliphatic heterocycles. The Bertz CT molecular complexity index is 892. The van der Waals surface area contributed by atoms with Crippen LogP contribution in [0.3, 0.4) is 0 Å². The summed E-state index contributed by atoms with van der Waals surface area (Å²) in [5, 5.41) is 14.1. The van der Waals surface area contributed by atoms with Gasteiger partial charge in [0.15, 0.2) is 0 Å². The molecule has 0 spiro atoms. The Morgan fingerprint density at radius 2 is 1.62 bits per heavy atom. The van der Waals surface area contributed by atoms with Crippen molar-refractivity contribution in [1.82, 2.24) is 0 Å². The van der Waals surface area contributed by atoms with Gasteiger partial charge in [-0.25, -0.2) is 0 Å². The lowest BCUT2D eigenvalue weighted by Crippen LogP contribution is -1.84. The molecular weight excluding hydrogens is 256 g/mol. The second-order valence-electron chi connectivity index (χ2n) is 5.76. The van der Waals surface area contributed by atoms with Gasteiger partial charge < -0.3 is 5.11 Å². The Morgan fingerprint density at radius 3 is 2.33 bits per heavy atom. The third kappa shape index (κ3) is 2.39. The highest BCUT2D eigenvalue weighted by atomic mass is 16.3. The lowest BCUT2D eigenvalue weighted by molar-refractivity contribution is 0.282. The number of fused-ring (bicyclic) bond motifs is 3. The molecule has 1 N–H and O–H groups in total. The van der Waals surface area contributed by atoms with Crippen molar-refractivity contribution in [3.05, 3.63) is 59.7 Å². The molecule has 0 amide bonds. The van der Waals surface area contributed by atoms with Gasteiger partial charge in [0.25, 0.3) is 0 Å². The van der Waals surface area contributed by atoms with E-state index in [-0.39, 0.29) is 6.61 Å². The summed E-state index contributed by atoms with van der Waals surface area (Å²) in [5.74, 6) is 7.23. The number of hydrogen-bond donors (Lipinski definition) is 1. The first-order valence-electron chi connectivity index (χ1n) is 7.41. The molecule has 0 saturated heterocycles. The van der Waals surface area contributed by atoms with E-state index in [9.17, 15) is 5.11 Å². The zero-order valence-corrected chi connectivity index (χ0v) is 11.8. The van der Waals surface area contributed by atoms with Crippen molar-refractivity contribution in [3.63, 3.8) is 0 Å². The first-order valence-corrected chi connectivity index (χ1v) is 7.41. The van der Waals surface area contributed by atoms with E-state index in [0.717, 1.165) is 11.1 Å². The first-order chi connectivity index (χ1) is 10.3. The van der Waals surface area contributed by atoms with E-state index < -0.39 is 0 Å². The van der Waals surface area contributed by atoms with Gasteiger partial charge in [-0.1, -0.05) is 42.2 Å². The summed E-state index contributed by atoms with van der Waals surface area (Å²) in [6, 6.07) is 16.8. The second-order valence-corrected chi connectivity index (χ2v) is 5.76. The molecule has 102 valence electrons. The topological polar surface area (TPSA) is 20.2 Å². The maximum Gasteiger partial charge on any atom is 0.0682 e. The van der Waals surface area contributed by atoms with Gasteiger partial charge in [-0.05, 0) is 58.1 Å². The molecule has 0 aromatic heterocycles. The molecule has 21 heavy (non-hydrogen) atoms. The minimum Gasteiger partial charge on any atom is -0.392 e.